The minimum absolute atomic E-state index is 0.200. The summed E-state index contributed by atoms with van der Waals surface area (Å²) in [5.41, 5.74) is 5.96. The second kappa shape index (κ2) is 11.7. The molecule has 2 N–H and O–H groups in total. The van der Waals surface area contributed by atoms with Crippen molar-refractivity contribution < 1.29 is 9.13 Å². The van der Waals surface area contributed by atoms with Crippen LogP contribution in [0.1, 0.15) is 30.9 Å². The number of hydrogen-bond donors (Lipinski definition) is 2. The molecule has 2 aliphatic heterocycles. The molecule has 2 unspecified atom stereocenters. The minimum Gasteiger partial charge on any atom is -0.379 e. The molecular weight excluding hydrogens is 551 g/mol. The summed E-state index contributed by atoms with van der Waals surface area (Å²) in [7, 11) is 0. The summed E-state index contributed by atoms with van der Waals surface area (Å²) >= 11 is 1.45. The molecule has 0 saturated carbocycles. The molecule has 2 aliphatic rings. The number of ether oxygens (including phenoxy) is 1. The lowest BCUT2D eigenvalue weighted by atomic mass is 9.92. The molecule has 2 fully saturated rings. The Bertz CT molecular complexity index is 1760. The third-order valence-corrected chi connectivity index (χ3v) is 8.75. The van der Waals surface area contributed by atoms with Crippen molar-refractivity contribution in [2.45, 2.75) is 31.7 Å². The van der Waals surface area contributed by atoms with Crippen molar-refractivity contribution in [1.29, 1.82) is 0 Å². The van der Waals surface area contributed by atoms with Crippen LogP contribution in [0.4, 0.5) is 16.0 Å². The Labute approximate surface area is 246 Å². The fraction of sp³-hybridized carbons (Fsp3) is 0.312. The summed E-state index contributed by atoms with van der Waals surface area (Å²) in [5, 5.41) is 9.30. The SMILES string of the molecule is O=c1c(-c2ccc(-c3cscn3)cc2F)cc2cnc(Nc3ccc(CC4CCCNC4)cc3)nc2n1C1CCOC1. The summed E-state index contributed by atoms with van der Waals surface area (Å²) in [6.07, 6.45) is 5.92. The van der Waals surface area contributed by atoms with E-state index in [9.17, 15) is 4.79 Å². The summed E-state index contributed by atoms with van der Waals surface area (Å²) in [6.45, 7) is 3.14. The molecular formula is C32H31FN6O2S. The predicted octanol–water partition coefficient (Wildman–Crippen LogP) is 5.97. The molecule has 10 heteroatoms. The first kappa shape index (κ1) is 26.9. The van der Waals surface area contributed by atoms with E-state index in [-0.39, 0.29) is 22.7 Å². The highest BCUT2D eigenvalue weighted by Gasteiger charge is 2.25. The highest BCUT2D eigenvalue weighted by molar-refractivity contribution is 7.07. The number of thiazole rings is 1. The van der Waals surface area contributed by atoms with E-state index in [0.29, 0.717) is 53.8 Å². The number of pyridine rings is 1. The first-order valence-electron chi connectivity index (χ1n) is 14.4. The van der Waals surface area contributed by atoms with Crippen LogP contribution in [0.5, 0.6) is 0 Å². The van der Waals surface area contributed by atoms with Gasteiger partial charge in [-0.15, -0.1) is 11.3 Å². The number of nitrogens with zero attached hydrogens (tertiary/aromatic N) is 4. The van der Waals surface area contributed by atoms with E-state index >= 15 is 4.39 Å². The number of aromatic nitrogens is 4. The van der Waals surface area contributed by atoms with E-state index in [1.54, 1.807) is 34.5 Å². The van der Waals surface area contributed by atoms with Crippen LogP contribution in [0.15, 0.2) is 70.4 Å². The van der Waals surface area contributed by atoms with E-state index in [4.69, 9.17) is 9.72 Å². The van der Waals surface area contributed by atoms with E-state index < -0.39 is 5.82 Å². The topological polar surface area (TPSA) is 94.0 Å². The molecule has 0 radical (unpaired) electrons. The lowest BCUT2D eigenvalue weighted by Gasteiger charge is -2.22. The number of anilines is 2. The zero-order chi connectivity index (χ0) is 28.5. The van der Waals surface area contributed by atoms with E-state index in [1.165, 1.54) is 35.8 Å². The standard InChI is InChI=1S/C32H31FN6O2S/c33-28-14-22(29-18-42-19-36-29)5-8-26(28)27-13-23-16-35-32(38-30(23)39(31(27)40)25-9-11-41-17-25)37-24-6-3-20(4-7-24)12-21-2-1-10-34-15-21/h3-8,13-14,16,18-19,21,25,34H,1-2,9-12,15,17H2,(H,35,37,38). The molecule has 0 spiro atoms. The third-order valence-electron chi connectivity index (χ3n) is 8.16. The number of nitrogens with one attached hydrogen (secondary N) is 2. The lowest BCUT2D eigenvalue weighted by molar-refractivity contribution is 0.186. The summed E-state index contributed by atoms with van der Waals surface area (Å²) < 4.78 is 22.7. The molecule has 214 valence electrons. The van der Waals surface area contributed by atoms with E-state index in [2.05, 4.69) is 32.7 Å². The quantitative estimate of drug-likeness (QED) is 0.244. The zero-order valence-corrected chi connectivity index (χ0v) is 23.9. The number of rotatable bonds is 7. The molecule has 2 aromatic carbocycles. The van der Waals surface area contributed by atoms with Gasteiger partial charge in [0.05, 0.1) is 29.4 Å². The molecule has 0 bridgehead atoms. The Morgan fingerprint density at radius 2 is 2.00 bits per heavy atom. The highest BCUT2D eigenvalue weighted by Crippen LogP contribution is 2.30. The van der Waals surface area contributed by atoms with Gasteiger partial charge in [0.25, 0.3) is 5.56 Å². The molecule has 7 rings (SSSR count). The van der Waals surface area contributed by atoms with Crippen molar-refractivity contribution in [3.63, 3.8) is 0 Å². The maximum atomic E-state index is 15.4. The van der Waals surface area contributed by atoms with Gasteiger partial charge in [0.15, 0.2) is 0 Å². The number of hydrogen-bond acceptors (Lipinski definition) is 8. The summed E-state index contributed by atoms with van der Waals surface area (Å²) in [5.74, 6) is 0.589. The van der Waals surface area contributed by atoms with Crippen molar-refractivity contribution in [2.24, 2.45) is 5.92 Å². The average molecular weight is 583 g/mol. The Morgan fingerprint density at radius 3 is 2.74 bits per heavy atom. The van der Waals surface area contributed by atoms with Gasteiger partial charge in [-0.2, -0.15) is 4.98 Å². The van der Waals surface area contributed by atoms with Crippen LogP contribution in [0.2, 0.25) is 0 Å². The number of benzene rings is 2. The van der Waals surface area contributed by atoms with Crippen LogP contribution in [-0.4, -0.2) is 45.8 Å². The Hall–Kier alpha value is -3.99. The average Bonchev–Trinajstić information content (AvgIpc) is 3.74. The molecule has 2 saturated heterocycles. The molecule has 5 heterocycles. The second-order valence-corrected chi connectivity index (χ2v) is 11.7. The number of halogens is 1. The monoisotopic (exact) mass is 582 g/mol. The maximum Gasteiger partial charge on any atom is 0.260 e. The number of fused-ring (bicyclic) bond motifs is 1. The van der Waals surface area contributed by atoms with Gasteiger partial charge < -0.3 is 15.4 Å². The normalized spacial score (nSPS) is 18.9. The molecule has 8 nitrogen and oxygen atoms in total. The van der Waals surface area contributed by atoms with Gasteiger partial charge in [-0.25, -0.2) is 14.4 Å². The van der Waals surface area contributed by atoms with Crippen LogP contribution in [0, 0.1) is 11.7 Å². The van der Waals surface area contributed by atoms with Crippen LogP contribution in [-0.2, 0) is 11.2 Å². The highest BCUT2D eigenvalue weighted by atomic mass is 32.1. The van der Waals surface area contributed by atoms with Gasteiger partial charge in [0.2, 0.25) is 5.95 Å². The maximum absolute atomic E-state index is 15.4. The molecule has 42 heavy (non-hydrogen) atoms. The Morgan fingerprint density at radius 1 is 1.10 bits per heavy atom. The fourth-order valence-corrected chi connectivity index (χ4v) is 6.53. The zero-order valence-electron chi connectivity index (χ0n) is 23.1. The molecule has 0 aliphatic carbocycles. The fourth-order valence-electron chi connectivity index (χ4n) is 5.97. The van der Waals surface area contributed by atoms with Crippen LogP contribution < -0.4 is 16.2 Å². The van der Waals surface area contributed by atoms with Gasteiger partial charge in [0, 0.05) is 40.4 Å². The van der Waals surface area contributed by atoms with Crippen molar-refractivity contribution in [3.05, 3.63) is 87.4 Å². The minimum atomic E-state index is -0.478. The first-order chi connectivity index (χ1) is 20.6. The smallest absolute Gasteiger partial charge is 0.260 e. The summed E-state index contributed by atoms with van der Waals surface area (Å²) in [4.78, 5) is 27.5. The third kappa shape index (κ3) is 5.45. The van der Waals surface area contributed by atoms with Crippen LogP contribution in [0.25, 0.3) is 33.4 Å². The van der Waals surface area contributed by atoms with Crippen molar-refractivity contribution in [1.82, 2.24) is 24.8 Å². The Balaban J connectivity index is 1.21. The lowest BCUT2D eigenvalue weighted by Crippen LogP contribution is -2.30. The predicted molar refractivity (Wildman–Crippen MR) is 164 cm³/mol. The Kier molecular flexibility index (Phi) is 7.50. The van der Waals surface area contributed by atoms with Gasteiger partial charge >= 0.3 is 0 Å². The van der Waals surface area contributed by atoms with Crippen LogP contribution in [0.3, 0.4) is 0 Å². The van der Waals surface area contributed by atoms with E-state index in [1.807, 2.05) is 17.5 Å². The second-order valence-electron chi connectivity index (χ2n) is 11.0. The first-order valence-corrected chi connectivity index (χ1v) is 15.3. The summed E-state index contributed by atoms with van der Waals surface area (Å²) in [6, 6.07) is 14.7. The van der Waals surface area contributed by atoms with E-state index in [0.717, 1.165) is 25.2 Å². The number of piperidine rings is 1. The molecule has 3 aromatic heterocycles. The molecule has 5 aromatic rings. The van der Waals surface area contributed by atoms with Gasteiger partial charge in [-0.3, -0.25) is 9.36 Å². The van der Waals surface area contributed by atoms with Gasteiger partial charge in [-0.1, -0.05) is 24.3 Å². The molecule has 2 atom stereocenters. The van der Waals surface area contributed by atoms with Gasteiger partial charge in [0.1, 0.15) is 11.5 Å². The van der Waals surface area contributed by atoms with Gasteiger partial charge in [-0.05, 0) is 74.5 Å². The molecule has 0 amide bonds. The van der Waals surface area contributed by atoms with Crippen molar-refractivity contribution >= 4 is 34.0 Å². The van der Waals surface area contributed by atoms with Crippen LogP contribution >= 0.6 is 11.3 Å². The largest absolute Gasteiger partial charge is 0.379 e. The van der Waals surface area contributed by atoms with Crippen molar-refractivity contribution in [2.75, 3.05) is 31.6 Å². The van der Waals surface area contributed by atoms with Crippen molar-refractivity contribution in [3.8, 4) is 22.4 Å².